The van der Waals surface area contributed by atoms with Gasteiger partial charge in [0.05, 0.1) is 21.8 Å². The molecule has 1 atom stereocenters. The average molecular weight is 488 g/mol. The summed E-state index contributed by atoms with van der Waals surface area (Å²) in [6.45, 7) is 1.16. The number of hydrazine groups is 1. The fourth-order valence-electron chi connectivity index (χ4n) is 3.87. The number of anilines is 2. The fraction of sp³-hybridized carbons (Fsp3) is 0.300. The van der Waals surface area contributed by atoms with Gasteiger partial charge in [-0.25, -0.2) is 20.6 Å². The molecule has 10 nitrogen and oxygen atoms in total. The maximum atomic E-state index is 13.0. The van der Waals surface area contributed by atoms with E-state index in [1.165, 1.54) is 11.1 Å². The zero-order valence-corrected chi connectivity index (χ0v) is 18.4. The van der Waals surface area contributed by atoms with Gasteiger partial charge in [-0.15, -0.1) is 0 Å². The Kier molecular flexibility index (Phi) is 5.79. The standard InChI is InChI=1S/C20H22BrN7O3/c1-26(19(29)12-4-2-7-23-10-12)18-15(21)16(14-6-8-24-17(14)25-18)27-9-3-5-13(11-27)28(22)20(30)31/h2,4,6-8,10,13H,3,5,9,11,22H2,1H3,(H,24,25)(H,30,31)/t13-/m1/s1. The highest BCUT2D eigenvalue weighted by atomic mass is 79.9. The first-order chi connectivity index (χ1) is 14.9. The molecule has 0 bridgehead atoms. The number of carbonyl (C=O) groups excluding carboxylic acids is 1. The lowest BCUT2D eigenvalue weighted by atomic mass is 10.0. The maximum Gasteiger partial charge on any atom is 0.421 e. The summed E-state index contributed by atoms with van der Waals surface area (Å²) in [7, 11) is 1.66. The molecule has 1 fully saturated rings. The molecule has 1 saturated heterocycles. The number of aromatic amines is 1. The van der Waals surface area contributed by atoms with Crippen LogP contribution >= 0.6 is 15.9 Å². The molecule has 4 rings (SSSR count). The molecule has 162 valence electrons. The molecular weight excluding hydrogens is 466 g/mol. The number of hydrogen-bond donors (Lipinski definition) is 3. The number of aromatic nitrogens is 3. The van der Waals surface area contributed by atoms with Crippen LogP contribution in [0.5, 0.6) is 0 Å². The van der Waals surface area contributed by atoms with E-state index in [-0.39, 0.29) is 11.9 Å². The Bertz CT molecular complexity index is 1120. The van der Waals surface area contributed by atoms with Crippen LogP contribution in [0, 0.1) is 0 Å². The first-order valence-corrected chi connectivity index (χ1v) is 10.5. The van der Waals surface area contributed by atoms with Gasteiger partial charge in [-0.05, 0) is 47.0 Å². The van der Waals surface area contributed by atoms with Gasteiger partial charge in [-0.1, -0.05) is 0 Å². The summed E-state index contributed by atoms with van der Waals surface area (Å²) in [5.74, 6) is 5.97. The molecule has 4 N–H and O–H groups in total. The summed E-state index contributed by atoms with van der Waals surface area (Å²) in [5.41, 5.74) is 1.92. The number of fused-ring (bicyclic) bond motifs is 1. The maximum absolute atomic E-state index is 13.0. The van der Waals surface area contributed by atoms with Crippen molar-refractivity contribution in [2.75, 3.05) is 29.9 Å². The van der Waals surface area contributed by atoms with E-state index in [1.54, 1.807) is 31.6 Å². The summed E-state index contributed by atoms with van der Waals surface area (Å²) < 4.78 is 0.652. The largest absolute Gasteiger partial charge is 0.464 e. The van der Waals surface area contributed by atoms with Crippen molar-refractivity contribution < 1.29 is 14.7 Å². The second-order valence-corrected chi connectivity index (χ2v) is 8.17. The lowest BCUT2D eigenvalue weighted by molar-refractivity contribution is 0.0991. The van der Waals surface area contributed by atoms with Crippen molar-refractivity contribution in [1.29, 1.82) is 0 Å². The number of H-pyrrole nitrogens is 1. The number of pyridine rings is 2. The van der Waals surface area contributed by atoms with Crippen molar-refractivity contribution in [3.63, 3.8) is 0 Å². The Hall–Kier alpha value is -3.18. The van der Waals surface area contributed by atoms with Crippen LogP contribution < -0.4 is 15.6 Å². The molecule has 4 heterocycles. The second kappa shape index (κ2) is 8.52. The number of nitrogens with zero attached hydrogens (tertiary/aromatic N) is 5. The van der Waals surface area contributed by atoms with E-state index in [0.29, 0.717) is 34.5 Å². The highest BCUT2D eigenvalue weighted by Crippen LogP contribution is 2.41. The van der Waals surface area contributed by atoms with Gasteiger partial charge >= 0.3 is 6.09 Å². The van der Waals surface area contributed by atoms with E-state index in [4.69, 9.17) is 5.84 Å². The minimum atomic E-state index is -1.16. The number of carboxylic acid groups (broad SMARTS) is 1. The summed E-state index contributed by atoms with van der Waals surface area (Å²) in [4.78, 5) is 39.7. The summed E-state index contributed by atoms with van der Waals surface area (Å²) in [6, 6.07) is 4.98. The van der Waals surface area contributed by atoms with Gasteiger partial charge in [0.2, 0.25) is 0 Å². The molecule has 31 heavy (non-hydrogen) atoms. The summed E-state index contributed by atoms with van der Waals surface area (Å²) in [6.07, 6.45) is 5.22. The molecule has 0 spiro atoms. The predicted molar refractivity (Wildman–Crippen MR) is 120 cm³/mol. The Labute approximate surface area is 186 Å². The monoisotopic (exact) mass is 487 g/mol. The van der Waals surface area contributed by atoms with Crippen molar-refractivity contribution in [1.82, 2.24) is 20.0 Å². The third-order valence-corrected chi connectivity index (χ3v) is 6.19. The molecule has 1 aliphatic rings. The highest BCUT2D eigenvalue weighted by molar-refractivity contribution is 9.10. The first-order valence-electron chi connectivity index (χ1n) is 9.75. The highest BCUT2D eigenvalue weighted by Gasteiger charge is 2.30. The van der Waals surface area contributed by atoms with E-state index in [1.807, 2.05) is 6.07 Å². The minimum absolute atomic E-state index is 0.242. The van der Waals surface area contributed by atoms with Crippen LogP contribution in [-0.4, -0.2) is 63.2 Å². The van der Waals surface area contributed by atoms with Crippen molar-refractivity contribution in [3.05, 3.63) is 46.8 Å². The summed E-state index contributed by atoms with van der Waals surface area (Å²) >= 11 is 3.66. The lowest BCUT2D eigenvalue weighted by Crippen LogP contribution is -2.53. The van der Waals surface area contributed by atoms with Gasteiger partial charge in [0.25, 0.3) is 5.91 Å². The number of amides is 2. The number of nitrogens with one attached hydrogen (secondary N) is 1. The van der Waals surface area contributed by atoms with E-state index in [2.05, 4.69) is 35.8 Å². The SMILES string of the molecule is CN(C(=O)c1cccnc1)c1nc2[nH]ccc2c(N2CCC[C@@H](N(N)C(=O)O)C2)c1Br. The molecule has 0 saturated carbocycles. The number of rotatable bonds is 4. The van der Waals surface area contributed by atoms with Crippen LogP contribution in [-0.2, 0) is 0 Å². The third-order valence-electron chi connectivity index (χ3n) is 5.46. The van der Waals surface area contributed by atoms with Gasteiger partial charge in [0, 0.05) is 44.1 Å². The normalized spacial score (nSPS) is 16.4. The van der Waals surface area contributed by atoms with E-state index < -0.39 is 6.09 Å². The van der Waals surface area contributed by atoms with Gasteiger partial charge < -0.3 is 15.0 Å². The topological polar surface area (TPSA) is 132 Å². The van der Waals surface area contributed by atoms with E-state index >= 15 is 0 Å². The van der Waals surface area contributed by atoms with Crippen molar-refractivity contribution in [2.24, 2.45) is 5.84 Å². The van der Waals surface area contributed by atoms with Crippen LogP contribution in [0.25, 0.3) is 11.0 Å². The number of hydrogen-bond acceptors (Lipinski definition) is 6. The van der Waals surface area contributed by atoms with Gasteiger partial charge in [0.1, 0.15) is 5.65 Å². The van der Waals surface area contributed by atoms with Gasteiger partial charge in [0.15, 0.2) is 5.82 Å². The number of carbonyl (C=O) groups is 2. The zero-order valence-electron chi connectivity index (χ0n) is 16.8. The van der Waals surface area contributed by atoms with Crippen LogP contribution in [0.3, 0.4) is 0 Å². The molecule has 3 aromatic rings. The molecule has 0 unspecified atom stereocenters. The summed E-state index contributed by atoms with van der Waals surface area (Å²) in [5, 5.41) is 11.0. The number of halogens is 1. The molecule has 0 aromatic carbocycles. The van der Waals surface area contributed by atoms with E-state index in [0.717, 1.165) is 29.0 Å². The molecule has 0 radical (unpaired) electrons. The Morgan fingerprint density at radius 1 is 1.39 bits per heavy atom. The van der Waals surface area contributed by atoms with Crippen LogP contribution in [0.4, 0.5) is 16.3 Å². The van der Waals surface area contributed by atoms with E-state index in [9.17, 15) is 14.7 Å². The average Bonchev–Trinajstić information content (AvgIpc) is 3.25. The molecule has 1 aliphatic heterocycles. The first kappa shape index (κ1) is 21.1. The molecule has 2 amide bonds. The second-order valence-electron chi connectivity index (χ2n) is 7.38. The number of piperidine rings is 1. The smallest absolute Gasteiger partial charge is 0.421 e. The third kappa shape index (κ3) is 3.93. The zero-order chi connectivity index (χ0) is 22.1. The Morgan fingerprint density at radius 2 is 2.19 bits per heavy atom. The lowest BCUT2D eigenvalue weighted by Gasteiger charge is -2.38. The minimum Gasteiger partial charge on any atom is -0.464 e. The van der Waals surface area contributed by atoms with Gasteiger partial charge in [-0.2, -0.15) is 0 Å². The molecule has 0 aliphatic carbocycles. The van der Waals surface area contributed by atoms with Gasteiger partial charge in [-0.3, -0.25) is 14.7 Å². The fourth-order valence-corrected chi connectivity index (χ4v) is 4.69. The quantitative estimate of drug-likeness (QED) is 0.292. The number of nitrogens with two attached hydrogens (primary N) is 1. The van der Waals surface area contributed by atoms with Crippen molar-refractivity contribution in [3.8, 4) is 0 Å². The van der Waals surface area contributed by atoms with Crippen molar-refractivity contribution >= 4 is 50.5 Å². The Morgan fingerprint density at radius 3 is 2.90 bits per heavy atom. The molecule has 3 aromatic heterocycles. The van der Waals surface area contributed by atoms with Crippen LogP contribution in [0.1, 0.15) is 23.2 Å². The molecular formula is C20H22BrN7O3. The van der Waals surface area contributed by atoms with Crippen molar-refractivity contribution in [2.45, 2.75) is 18.9 Å². The molecule has 11 heteroatoms. The Balaban J connectivity index is 1.74. The van der Waals surface area contributed by atoms with Crippen LogP contribution in [0.15, 0.2) is 41.3 Å². The van der Waals surface area contributed by atoms with Crippen LogP contribution in [0.2, 0.25) is 0 Å². The predicted octanol–water partition coefficient (Wildman–Crippen LogP) is 2.82.